The van der Waals surface area contributed by atoms with Gasteiger partial charge in [-0.1, -0.05) is 19.1 Å². The summed E-state index contributed by atoms with van der Waals surface area (Å²) in [6.07, 6.45) is 0.895. The van der Waals surface area contributed by atoms with Crippen molar-refractivity contribution < 1.29 is 14.3 Å². The van der Waals surface area contributed by atoms with Gasteiger partial charge < -0.3 is 14.8 Å². The highest BCUT2D eigenvalue weighted by Gasteiger charge is 2.13. The van der Waals surface area contributed by atoms with Gasteiger partial charge in [-0.15, -0.1) is 0 Å². The maximum atomic E-state index is 12.4. The molecule has 0 saturated heterocycles. The zero-order valence-electron chi connectivity index (χ0n) is 15.5. The zero-order chi connectivity index (χ0) is 18.2. The molecule has 2 aromatic rings. The van der Waals surface area contributed by atoms with Crippen molar-refractivity contribution in [1.82, 2.24) is 5.32 Å². The second-order valence-electron chi connectivity index (χ2n) is 6.14. The van der Waals surface area contributed by atoms with Crippen LogP contribution in [0.2, 0.25) is 0 Å². The Morgan fingerprint density at radius 3 is 2.60 bits per heavy atom. The molecule has 0 radical (unpaired) electrons. The Hall–Kier alpha value is -2.49. The van der Waals surface area contributed by atoms with Crippen molar-refractivity contribution in [1.29, 1.82) is 0 Å². The van der Waals surface area contributed by atoms with E-state index in [1.807, 2.05) is 64.1 Å². The van der Waals surface area contributed by atoms with Crippen molar-refractivity contribution >= 4 is 5.91 Å². The first kappa shape index (κ1) is 18.8. The molecule has 1 atom stereocenters. The van der Waals surface area contributed by atoms with Crippen LogP contribution < -0.4 is 14.8 Å². The van der Waals surface area contributed by atoms with Crippen molar-refractivity contribution in [2.24, 2.45) is 0 Å². The third-order valence-electron chi connectivity index (χ3n) is 4.00. The Morgan fingerprint density at radius 1 is 1.12 bits per heavy atom. The summed E-state index contributed by atoms with van der Waals surface area (Å²) < 4.78 is 11.6. The van der Waals surface area contributed by atoms with Gasteiger partial charge in [-0.25, -0.2) is 0 Å². The molecule has 0 heterocycles. The highest BCUT2D eigenvalue weighted by atomic mass is 16.5. The Labute approximate surface area is 150 Å². The molecule has 0 bridgehead atoms. The molecule has 0 aliphatic rings. The molecule has 4 heteroatoms. The number of hydrogen-bond acceptors (Lipinski definition) is 3. The Kier molecular flexibility index (Phi) is 6.87. The van der Waals surface area contributed by atoms with E-state index in [2.05, 4.69) is 5.32 Å². The fourth-order valence-electron chi connectivity index (χ4n) is 2.41. The molecule has 2 rings (SSSR count). The number of ether oxygens (including phenoxy) is 2. The molecule has 134 valence electrons. The van der Waals surface area contributed by atoms with Gasteiger partial charge in [0.25, 0.3) is 5.91 Å². The predicted molar refractivity (Wildman–Crippen MR) is 100 cm³/mol. The van der Waals surface area contributed by atoms with Gasteiger partial charge in [-0.05, 0) is 63.1 Å². The van der Waals surface area contributed by atoms with Gasteiger partial charge in [0.15, 0.2) is 0 Å². The monoisotopic (exact) mass is 341 g/mol. The van der Waals surface area contributed by atoms with E-state index < -0.39 is 0 Å². The van der Waals surface area contributed by atoms with Crippen molar-refractivity contribution in [3.63, 3.8) is 0 Å². The van der Waals surface area contributed by atoms with E-state index in [1.54, 1.807) is 6.07 Å². The number of rotatable bonds is 8. The van der Waals surface area contributed by atoms with Gasteiger partial charge in [-0.2, -0.15) is 0 Å². The van der Waals surface area contributed by atoms with E-state index in [9.17, 15) is 4.79 Å². The molecule has 1 amide bonds. The number of benzene rings is 2. The van der Waals surface area contributed by atoms with Crippen LogP contribution in [0.4, 0.5) is 0 Å². The summed E-state index contributed by atoms with van der Waals surface area (Å²) in [7, 11) is 0. The van der Waals surface area contributed by atoms with Gasteiger partial charge in [-0.3, -0.25) is 4.79 Å². The molecule has 0 aromatic heterocycles. The van der Waals surface area contributed by atoms with Crippen LogP contribution in [0, 0.1) is 6.92 Å². The third-order valence-corrected chi connectivity index (χ3v) is 4.00. The molecule has 25 heavy (non-hydrogen) atoms. The second-order valence-corrected chi connectivity index (χ2v) is 6.14. The number of hydrogen-bond donors (Lipinski definition) is 1. The maximum Gasteiger partial charge on any atom is 0.251 e. The van der Waals surface area contributed by atoms with Crippen LogP contribution in [0.3, 0.4) is 0 Å². The Morgan fingerprint density at radius 2 is 1.92 bits per heavy atom. The molecule has 0 saturated carbocycles. The summed E-state index contributed by atoms with van der Waals surface area (Å²) in [5, 5.41) is 2.99. The van der Waals surface area contributed by atoms with Crippen LogP contribution in [0.15, 0.2) is 42.5 Å². The first-order valence-electron chi connectivity index (χ1n) is 8.79. The average molecular weight is 341 g/mol. The van der Waals surface area contributed by atoms with Gasteiger partial charge in [0.2, 0.25) is 0 Å². The van der Waals surface area contributed by atoms with Crippen molar-refractivity contribution in [3.8, 4) is 11.5 Å². The highest BCUT2D eigenvalue weighted by molar-refractivity contribution is 5.94. The standard InChI is InChI=1S/C21H27NO3/c1-5-16(4)22-21(23)17-10-11-20(24-6-2)18(13-17)14-25-19-9-7-8-15(3)12-19/h7-13,16H,5-6,14H2,1-4H3,(H,22,23)/t16-/m0/s1. The molecule has 1 N–H and O–H groups in total. The Balaban J connectivity index is 2.18. The van der Waals surface area contributed by atoms with E-state index in [1.165, 1.54) is 0 Å². The van der Waals surface area contributed by atoms with Crippen molar-refractivity contribution in [2.45, 2.75) is 46.8 Å². The number of amides is 1. The van der Waals surface area contributed by atoms with Gasteiger partial charge >= 0.3 is 0 Å². The van der Waals surface area contributed by atoms with Crippen LogP contribution in [0.1, 0.15) is 48.7 Å². The summed E-state index contributed by atoms with van der Waals surface area (Å²) in [6.45, 7) is 8.92. The molecular weight excluding hydrogens is 314 g/mol. The predicted octanol–water partition coefficient (Wildman–Crippen LogP) is 4.50. The van der Waals surface area contributed by atoms with Crippen LogP contribution in [-0.4, -0.2) is 18.6 Å². The summed E-state index contributed by atoms with van der Waals surface area (Å²) in [5.74, 6) is 1.47. The molecule has 0 fully saturated rings. The minimum Gasteiger partial charge on any atom is -0.493 e. The normalized spacial score (nSPS) is 11.7. The Bertz CT molecular complexity index is 712. The van der Waals surface area contributed by atoms with Gasteiger partial charge in [0, 0.05) is 17.2 Å². The second kappa shape index (κ2) is 9.11. The van der Waals surface area contributed by atoms with Gasteiger partial charge in [0.1, 0.15) is 18.1 Å². The van der Waals surface area contributed by atoms with Crippen molar-refractivity contribution in [2.75, 3.05) is 6.61 Å². The summed E-state index contributed by atoms with van der Waals surface area (Å²) in [6, 6.07) is 13.5. The zero-order valence-corrected chi connectivity index (χ0v) is 15.5. The molecule has 0 aliphatic heterocycles. The molecule has 0 aliphatic carbocycles. The minimum atomic E-state index is -0.0748. The molecular formula is C21H27NO3. The SMILES string of the molecule is CCOc1ccc(C(=O)N[C@@H](C)CC)cc1COc1cccc(C)c1. The van der Waals surface area contributed by atoms with Crippen LogP contribution >= 0.6 is 0 Å². The molecule has 0 unspecified atom stereocenters. The van der Waals surface area contributed by atoms with Crippen LogP contribution in [0.5, 0.6) is 11.5 Å². The lowest BCUT2D eigenvalue weighted by Gasteiger charge is -2.15. The van der Waals surface area contributed by atoms with E-state index in [4.69, 9.17) is 9.47 Å². The fourth-order valence-corrected chi connectivity index (χ4v) is 2.41. The minimum absolute atomic E-state index is 0.0748. The number of carbonyl (C=O) groups excluding carboxylic acids is 1. The smallest absolute Gasteiger partial charge is 0.251 e. The van der Waals surface area contributed by atoms with E-state index in [0.717, 1.165) is 29.0 Å². The number of nitrogens with one attached hydrogen (secondary N) is 1. The average Bonchev–Trinajstić information content (AvgIpc) is 2.61. The molecule has 2 aromatic carbocycles. The van der Waals surface area contributed by atoms with Crippen molar-refractivity contribution in [3.05, 3.63) is 59.2 Å². The van der Waals surface area contributed by atoms with E-state index in [-0.39, 0.29) is 11.9 Å². The molecule has 0 spiro atoms. The maximum absolute atomic E-state index is 12.4. The number of aryl methyl sites for hydroxylation is 1. The van der Waals surface area contributed by atoms with Crippen LogP contribution in [-0.2, 0) is 6.61 Å². The first-order chi connectivity index (χ1) is 12.0. The largest absolute Gasteiger partial charge is 0.493 e. The summed E-state index contributed by atoms with van der Waals surface area (Å²) in [4.78, 5) is 12.4. The first-order valence-corrected chi connectivity index (χ1v) is 8.79. The number of carbonyl (C=O) groups is 1. The molecule has 4 nitrogen and oxygen atoms in total. The fraction of sp³-hybridized carbons (Fsp3) is 0.381. The van der Waals surface area contributed by atoms with E-state index >= 15 is 0 Å². The topological polar surface area (TPSA) is 47.6 Å². The quantitative estimate of drug-likeness (QED) is 0.769. The third kappa shape index (κ3) is 5.52. The van der Waals surface area contributed by atoms with Gasteiger partial charge in [0.05, 0.1) is 6.61 Å². The highest BCUT2D eigenvalue weighted by Crippen LogP contribution is 2.23. The summed E-state index contributed by atoms with van der Waals surface area (Å²) in [5.41, 5.74) is 2.62. The lowest BCUT2D eigenvalue weighted by atomic mass is 10.1. The van der Waals surface area contributed by atoms with Crippen LogP contribution in [0.25, 0.3) is 0 Å². The lowest BCUT2D eigenvalue weighted by molar-refractivity contribution is 0.0939. The van der Waals surface area contributed by atoms with E-state index in [0.29, 0.717) is 18.8 Å². The summed E-state index contributed by atoms with van der Waals surface area (Å²) >= 11 is 0. The lowest BCUT2D eigenvalue weighted by Crippen LogP contribution is -2.32.